The van der Waals surface area contributed by atoms with Gasteiger partial charge in [0.1, 0.15) is 0 Å². The summed E-state index contributed by atoms with van der Waals surface area (Å²) in [6.07, 6.45) is 1.02. The van der Waals surface area contributed by atoms with Gasteiger partial charge in [-0.25, -0.2) is 0 Å². The topological polar surface area (TPSA) is 48.0 Å². The van der Waals surface area contributed by atoms with Gasteiger partial charge in [0.05, 0.1) is 5.69 Å². The molecule has 1 heterocycles. The van der Waals surface area contributed by atoms with Crippen LogP contribution in [0.3, 0.4) is 0 Å². The van der Waals surface area contributed by atoms with E-state index in [0.717, 1.165) is 17.7 Å². The van der Waals surface area contributed by atoms with Crippen molar-refractivity contribution in [1.29, 1.82) is 0 Å². The Morgan fingerprint density at radius 2 is 1.75 bits per heavy atom. The summed E-state index contributed by atoms with van der Waals surface area (Å²) < 4.78 is 1.79. The highest BCUT2D eigenvalue weighted by Crippen LogP contribution is 2.20. The highest BCUT2D eigenvalue weighted by molar-refractivity contribution is 5.60. The Morgan fingerprint density at radius 1 is 1.10 bits per heavy atom. The second kappa shape index (κ2) is 6.06. The Balaban J connectivity index is 2.56. The third kappa shape index (κ3) is 2.68. The van der Waals surface area contributed by atoms with Crippen LogP contribution >= 0.6 is 0 Å². The van der Waals surface area contributed by atoms with E-state index in [2.05, 4.69) is 31.2 Å². The molecule has 2 rings (SSSR count). The molecule has 1 unspecified atom stereocenters. The zero-order chi connectivity index (χ0) is 14.7. The monoisotopic (exact) mass is 270 g/mol. The molecule has 0 amide bonds. The van der Waals surface area contributed by atoms with Crippen LogP contribution in [-0.2, 0) is 13.0 Å². The van der Waals surface area contributed by atoms with Crippen LogP contribution in [0.5, 0.6) is 0 Å². The average molecular weight is 270 g/mol. The number of hydrogen-bond donors (Lipinski definition) is 1. The molecule has 0 spiro atoms. The van der Waals surface area contributed by atoms with Gasteiger partial charge in [-0.1, -0.05) is 31.2 Å². The smallest absolute Gasteiger partial charge is 0.255 e. The van der Waals surface area contributed by atoms with Gasteiger partial charge in [-0.3, -0.25) is 4.79 Å². The summed E-state index contributed by atoms with van der Waals surface area (Å²) in [5.74, 6) is 0. The summed E-state index contributed by atoms with van der Waals surface area (Å²) in [6, 6.07) is 12.0. The van der Waals surface area contributed by atoms with Gasteiger partial charge in [0.15, 0.2) is 0 Å². The first-order valence-corrected chi connectivity index (χ1v) is 7.17. The fourth-order valence-corrected chi connectivity index (χ4v) is 2.42. The van der Waals surface area contributed by atoms with Crippen molar-refractivity contribution in [3.63, 3.8) is 0 Å². The predicted octanol–water partition coefficient (Wildman–Crippen LogP) is 3.12. The van der Waals surface area contributed by atoms with Crippen LogP contribution < -0.4 is 11.3 Å². The highest BCUT2D eigenvalue weighted by atomic mass is 16.1. The maximum absolute atomic E-state index is 12.4. The first kappa shape index (κ1) is 14.5. The standard InChI is InChI=1S/C17H22N2O/c1-4-13-6-8-14(9-7-13)16-11-10-15(12(3)18)17(20)19(16)5-2/h6-12H,4-5,18H2,1-3H3. The first-order valence-electron chi connectivity index (χ1n) is 7.17. The second-order valence-corrected chi connectivity index (χ2v) is 5.06. The van der Waals surface area contributed by atoms with Crippen molar-refractivity contribution in [2.75, 3.05) is 0 Å². The predicted molar refractivity (Wildman–Crippen MR) is 83.8 cm³/mol. The molecule has 0 saturated heterocycles. The molecule has 0 radical (unpaired) electrons. The van der Waals surface area contributed by atoms with Gasteiger partial charge in [-0.05, 0) is 43.5 Å². The minimum atomic E-state index is -0.239. The number of nitrogens with two attached hydrogens (primary N) is 1. The van der Waals surface area contributed by atoms with E-state index in [4.69, 9.17) is 5.73 Å². The Bertz CT molecular complexity index is 639. The maximum atomic E-state index is 12.4. The molecule has 0 aliphatic heterocycles. The van der Waals surface area contributed by atoms with Crippen LogP contribution in [0.25, 0.3) is 11.3 Å². The molecule has 1 aromatic heterocycles. The lowest BCUT2D eigenvalue weighted by Gasteiger charge is -2.15. The molecule has 0 aliphatic rings. The van der Waals surface area contributed by atoms with Crippen LogP contribution in [0.2, 0.25) is 0 Å². The van der Waals surface area contributed by atoms with Gasteiger partial charge in [0, 0.05) is 18.2 Å². The lowest BCUT2D eigenvalue weighted by atomic mass is 10.0. The van der Waals surface area contributed by atoms with Crippen molar-refractivity contribution >= 4 is 0 Å². The summed E-state index contributed by atoms with van der Waals surface area (Å²) in [5.41, 5.74) is 9.85. The number of aryl methyl sites for hydroxylation is 1. The van der Waals surface area contributed by atoms with Crippen LogP contribution in [0.4, 0.5) is 0 Å². The van der Waals surface area contributed by atoms with E-state index in [1.165, 1.54) is 5.56 Å². The zero-order valence-corrected chi connectivity index (χ0v) is 12.4. The van der Waals surface area contributed by atoms with E-state index in [-0.39, 0.29) is 11.6 Å². The van der Waals surface area contributed by atoms with E-state index >= 15 is 0 Å². The second-order valence-electron chi connectivity index (χ2n) is 5.06. The van der Waals surface area contributed by atoms with Gasteiger partial charge in [0.25, 0.3) is 5.56 Å². The summed E-state index contributed by atoms with van der Waals surface area (Å²) >= 11 is 0. The quantitative estimate of drug-likeness (QED) is 0.928. The third-order valence-electron chi connectivity index (χ3n) is 3.67. The van der Waals surface area contributed by atoms with Gasteiger partial charge in [0.2, 0.25) is 0 Å². The molecule has 20 heavy (non-hydrogen) atoms. The molecule has 1 aromatic carbocycles. The lowest BCUT2D eigenvalue weighted by molar-refractivity contribution is 0.699. The van der Waals surface area contributed by atoms with Crippen molar-refractivity contribution in [3.8, 4) is 11.3 Å². The summed E-state index contributed by atoms with van der Waals surface area (Å²) in [6.45, 7) is 6.60. The number of aromatic nitrogens is 1. The Hall–Kier alpha value is -1.87. The minimum Gasteiger partial charge on any atom is -0.324 e. The third-order valence-corrected chi connectivity index (χ3v) is 3.67. The minimum absolute atomic E-state index is 0.0135. The molecule has 1 atom stereocenters. The molecule has 2 aromatic rings. The summed E-state index contributed by atoms with van der Waals surface area (Å²) in [7, 11) is 0. The number of rotatable bonds is 4. The van der Waals surface area contributed by atoms with Crippen LogP contribution in [0.1, 0.15) is 37.9 Å². The average Bonchev–Trinajstić information content (AvgIpc) is 2.46. The highest BCUT2D eigenvalue weighted by Gasteiger charge is 2.11. The van der Waals surface area contributed by atoms with Crippen molar-refractivity contribution in [3.05, 3.63) is 57.9 Å². The number of nitrogens with zero attached hydrogens (tertiary/aromatic N) is 1. The lowest BCUT2D eigenvalue weighted by Crippen LogP contribution is -2.27. The molecule has 0 aliphatic carbocycles. The molecule has 3 heteroatoms. The molecule has 2 N–H and O–H groups in total. The van der Waals surface area contributed by atoms with E-state index in [0.29, 0.717) is 12.1 Å². The number of pyridine rings is 1. The van der Waals surface area contributed by atoms with Crippen LogP contribution in [-0.4, -0.2) is 4.57 Å². The van der Waals surface area contributed by atoms with E-state index in [1.807, 2.05) is 26.0 Å². The van der Waals surface area contributed by atoms with Crippen molar-refractivity contribution in [2.45, 2.75) is 39.8 Å². The SMILES string of the molecule is CCc1ccc(-c2ccc(C(C)N)c(=O)n2CC)cc1. The van der Waals surface area contributed by atoms with Crippen molar-refractivity contribution < 1.29 is 0 Å². The largest absolute Gasteiger partial charge is 0.324 e. The zero-order valence-electron chi connectivity index (χ0n) is 12.4. The molecular weight excluding hydrogens is 248 g/mol. The Morgan fingerprint density at radius 3 is 2.25 bits per heavy atom. The number of hydrogen-bond acceptors (Lipinski definition) is 2. The van der Waals surface area contributed by atoms with Crippen LogP contribution in [0.15, 0.2) is 41.2 Å². The van der Waals surface area contributed by atoms with Gasteiger partial charge in [-0.2, -0.15) is 0 Å². The van der Waals surface area contributed by atoms with Gasteiger partial charge in [-0.15, -0.1) is 0 Å². The van der Waals surface area contributed by atoms with Gasteiger partial charge >= 0.3 is 0 Å². The van der Waals surface area contributed by atoms with Crippen molar-refractivity contribution in [2.24, 2.45) is 5.73 Å². The molecular formula is C17H22N2O. The van der Waals surface area contributed by atoms with E-state index in [1.54, 1.807) is 4.57 Å². The molecule has 106 valence electrons. The van der Waals surface area contributed by atoms with E-state index in [9.17, 15) is 4.79 Å². The summed E-state index contributed by atoms with van der Waals surface area (Å²) in [5, 5.41) is 0. The van der Waals surface area contributed by atoms with E-state index < -0.39 is 0 Å². The molecule has 0 fully saturated rings. The normalized spacial score (nSPS) is 12.4. The van der Waals surface area contributed by atoms with Crippen molar-refractivity contribution in [1.82, 2.24) is 4.57 Å². The van der Waals surface area contributed by atoms with Gasteiger partial charge < -0.3 is 10.3 Å². The fourth-order valence-electron chi connectivity index (χ4n) is 2.42. The molecule has 0 bridgehead atoms. The Labute approximate surface area is 120 Å². The van der Waals surface area contributed by atoms with Crippen LogP contribution in [0, 0.1) is 0 Å². The first-order chi connectivity index (χ1) is 9.58. The Kier molecular flexibility index (Phi) is 4.40. The number of benzene rings is 1. The fraction of sp³-hybridized carbons (Fsp3) is 0.353. The maximum Gasteiger partial charge on any atom is 0.255 e. The summed E-state index contributed by atoms with van der Waals surface area (Å²) in [4.78, 5) is 12.4. The molecule has 0 saturated carbocycles. The molecule has 3 nitrogen and oxygen atoms in total.